The van der Waals surface area contributed by atoms with E-state index >= 15 is 0 Å². The molecule has 1 aromatic rings. The molecule has 0 saturated heterocycles. The molecule has 0 amide bonds. The molecule has 0 unspecified atom stereocenters. The summed E-state index contributed by atoms with van der Waals surface area (Å²) in [5, 5.41) is 0. The van der Waals surface area contributed by atoms with Gasteiger partial charge in [-0.1, -0.05) is 11.5 Å². The summed E-state index contributed by atoms with van der Waals surface area (Å²) < 4.78 is 36.0. The standard InChI is InChI=1S/C5H3BBrF3N/c7-5-4(6(8,9)10)2-1-3-11-5/h1-3H/q-1. The zero-order chi connectivity index (χ0) is 8.48. The van der Waals surface area contributed by atoms with Crippen LogP contribution in [-0.2, 0) is 0 Å². The van der Waals surface area contributed by atoms with Crippen LogP contribution in [0.4, 0.5) is 12.9 Å². The molecule has 1 aromatic heterocycles. The molecule has 0 saturated carbocycles. The highest BCUT2D eigenvalue weighted by Gasteiger charge is 2.27. The van der Waals surface area contributed by atoms with Crippen molar-refractivity contribution in [3.05, 3.63) is 22.9 Å². The molecule has 1 heterocycles. The normalized spacial score (nSPS) is 11.6. The topological polar surface area (TPSA) is 12.9 Å². The summed E-state index contributed by atoms with van der Waals surface area (Å²) in [5.74, 6) is 0. The number of hydrogen-bond donors (Lipinski definition) is 0. The lowest BCUT2D eigenvalue weighted by Gasteiger charge is -2.14. The van der Waals surface area contributed by atoms with Crippen molar-refractivity contribution in [2.45, 2.75) is 0 Å². The minimum Gasteiger partial charge on any atom is -0.445 e. The van der Waals surface area contributed by atoms with Crippen LogP contribution in [0.1, 0.15) is 0 Å². The van der Waals surface area contributed by atoms with Crippen molar-refractivity contribution in [2.24, 2.45) is 0 Å². The first-order valence-corrected chi connectivity index (χ1v) is 3.61. The van der Waals surface area contributed by atoms with Gasteiger partial charge in [-0.05, 0) is 22.0 Å². The Hall–Kier alpha value is -0.515. The smallest absolute Gasteiger partial charge is 0.445 e. The van der Waals surface area contributed by atoms with Gasteiger partial charge in [0.2, 0.25) is 0 Å². The van der Waals surface area contributed by atoms with Gasteiger partial charge in [-0.15, -0.1) is 0 Å². The Morgan fingerprint density at radius 3 is 2.36 bits per heavy atom. The Balaban J connectivity index is 3.14. The number of aromatic nitrogens is 1. The minimum absolute atomic E-state index is 0.146. The van der Waals surface area contributed by atoms with Crippen LogP contribution in [0.5, 0.6) is 0 Å². The molecule has 0 atom stereocenters. The maximum absolute atomic E-state index is 12.0. The second-order valence-corrected chi connectivity index (χ2v) is 2.71. The first-order valence-electron chi connectivity index (χ1n) is 2.82. The first kappa shape index (κ1) is 8.58. The molecule has 0 aliphatic heterocycles. The summed E-state index contributed by atoms with van der Waals surface area (Å²) in [6.45, 7) is -4.94. The van der Waals surface area contributed by atoms with Crippen molar-refractivity contribution in [1.29, 1.82) is 0 Å². The lowest BCUT2D eigenvalue weighted by atomic mass is 9.82. The van der Waals surface area contributed by atoms with E-state index in [-0.39, 0.29) is 4.60 Å². The molecule has 11 heavy (non-hydrogen) atoms. The number of pyridine rings is 1. The number of halogens is 4. The van der Waals surface area contributed by atoms with Crippen LogP contribution in [0.3, 0.4) is 0 Å². The fraction of sp³-hybridized carbons (Fsp3) is 0. The van der Waals surface area contributed by atoms with Crippen molar-refractivity contribution in [3.63, 3.8) is 0 Å². The lowest BCUT2D eigenvalue weighted by molar-refractivity contribution is 0.500. The molecule has 0 aliphatic carbocycles. The van der Waals surface area contributed by atoms with E-state index in [2.05, 4.69) is 20.9 Å². The highest BCUT2D eigenvalue weighted by molar-refractivity contribution is 9.10. The quantitative estimate of drug-likeness (QED) is 0.525. The van der Waals surface area contributed by atoms with E-state index in [0.29, 0.717) is 0 Å². The van der Waals surface area contributed by atoms with Crippen molar-refractivity contribution in [1.82, 2.24) is 4.98 Å². The maximum atomic E-state index is 12.0. The average Bonchev–Trinajstić information content (AvgIpc) is 1.86. The van der Waals surface area contributed by atoms with E-state index in [1.54, 1.807) is 0 Å². The maximum Gasteiger partial charge on any atom is 0.512 e. The van der Waals surface area contributed by atoms with Gasteiger partial charge < -0.3 is 12.9 Å². The van der Waals surface area contributed by atoms with Gasteiger partial charge in [-0.3, -0.25) is 4.98 Å². The second-order valence-electron chi connectivity index (χ2n) is 1.96. The third-order valence-corrected chi connectivity index (χ3v) is 1.80. The fourth-order valence-corrected chi connectivity index (χ4v) is 1.15. The molecule has 6 heteroatoms. The SMILES string of the molecule is F[B-](F)(F)c1cccnc1Br. The Morgan fingerprint density at radius 2 is 2.00 bits per heavy atom. The summed E-state index contributed by atoms with van der Waals surface area (Å²) in [5.41, 5.74) is -0.688. The molecular weight excluding hydrogens is 222 g/mol. The van der Waals surface area contributed by atoms with Crippen molar-refractivity contribution in [2.75, 3.05) is 0 Å². The van der Waals surface area contributed by atoms with Gasteiger partial charge in [0.1, 0.15) is 0 Å². The predicted octanol–water partition coefficient (Wildman–Crippen LogP) is 1.90. The molecule has 1 rings (SSSR count). The molecule has 60 valence electrons. The average molecular weight is 225 g/mol. The van der Waals surface area contributed by atoms with Crippen molar-refractivity contribution < 1.29 is 12.9 Å². The van der Waals surface area contributed by atoms with Crippen LogP contribution < -0.4 is 5.46 Å². The summed E-state index contributed by atoms with van der Waals surface area (Å²) in [6, 6.07) is 2.26. The van der Waals surface area contributed by atoms with Gasteiger partial charge in [0.15, 0.2) is 0 Å². The third kappa shape index (κ3) is 1.96. The molecule has 0 aliphatic rings. The molecule has 0 aromatic carbocycles. The van der Waals surface area contributed by atoms with Crippen LogP contribution in [-0.4, -0.2) is 12.0 Å². The Labute approximate surface area is 69.8 Å². The van der Waals surface area contributed by atoms with Crippen LogP contribution in [0.25, 0.3) is 0 Å². The van der Waals surface area contributed by atoms with E-state index < -0.39 is 12.4 Å². The van der Waals surface area contributed by atoms with E-state index in [4.69, 9.17) is 0 Å². The first-order chi connectivity index (χ1) is 5.02. The summed E-state index contributed by atoms with van der Waals surface area (Å²) >= 11 is 2.72. The molecule has 0 bridgehead atoms. The summed E-state index contributed by atoms with van der Waals surface area (Å²) in [7, 11) is 0. The Kier molecular flexibility index (Phi) is 2.22. The van der Waals surface area contributed by atoms with Gasteiger partial charge in [0.05, 0.1) is 4.60 Å². The summed E-state index contributed by atoms with van der Waals surface area (Å²) in [6.07, 6.45) is 1.30. The van der Waals surface area contributed by atoms with Gasteiger partial charge >= 0.3 is 6.98 Å². The largest absolute Gasteiger partial charge is 0.512 e. The molecule has 0 radical (unpaired) electrons. The highest BCUT2D eigenvalue weighted by Crippen LogP contribution is 2.13. The molecule has 1 nitrogen and oxygen atoms in total. The van der Waals surface area contributed by atoms with E-state index in [0.717, 1.165) is 6.07 Å². The van der Waals surface area contributed by atoms with Crippen LogP contribution in [0, 0.1) is 0 Å². The van der Waals surface area contributed by atoms with Gasteiger partial charge in [-0.2, -0.15) is 0 Å². The molecule has 0 N–H and O–H groups in total. The van der Waals surface area contributed by atoms with Gasteiger partial charge in [-0.25, -0.2) is 0 Å². The van der Waals surface area contributed by atoms with Crippen LogP contribution in [0.15, 0.2) is 22.9 Å². The predicted molar refractivity (Wildman–Crippen MR) is 40.6 cm³/mol. The van der Waals surface area contributed by atoms with Crippen molar-refractivity contribution in [3.8, 4) is 0 Å². The number of hydrogen-bond acceptors (Lipinski definition) is 1. The Morgan fingerprint density at radius 1 is 1.36 bits per heavy atom. The van der Waals surface area contributed by atoms with E-state index in [9.17, 15) is 12.9 Å². The van der Waals surface area contributed by atoms with Crippen molar-refractivity contribution >= 4 is 28.4 Å². The number of nitrogens with zero attached hydrogens (tertiary/aromatic N) is 1. The minimum atomic E-state index is -4.94. The zero-order valence-corrected chi connectivity index (χ0v) is 6.85. The van der Waals surface area contributed by atoms with Gasteiger partial charge in [0.25, 0.3) is 0 Å². The molecular formula is C5H3BBrF3N-. The van der Waals surface area contributed by atoms with E-state index in [1.165, 1.54) is 12.3 Å². The zero-order valence-electron chi connectivity index (χ0n) is 5.27. The highest BCUT2D eigenvalue weighted by atomic mass is 79.9. The van der Waals surface area contributed by atoms with Gasteiger partial charge in [0, 0.05) is 6.20 Å². The van der Waals surface area contributed by atoms with Crippen LogP contribution >= 0.6 is 15.9 Å². The number of rotatable bonds is 1. The monoisotopic (exact) mass is 224 g/mol. The lowest BCUT2D eigenvalue weighted by Crippen LogP contribution is -2.35. The third-order valence-electron chi connectivity index (χ3n) is 1.14. The fourth-order valence-electron chi connectivity index (χ4n) is 0.643. The van der Waals surface area contributed by atoms with Crippen LogP contribution in [0.2, 0.25) is 0 Å². The van der Waals surface area contributed by atoms with E-state index in [1.807, 2.05) is 0 Å². The Bertz CT molecular complexity index is 262. The summed E-state index contributed by atoms with van der Waals surface area (Å²) in [4.78, 5) is 3.46. The molecule has 0 spiro atoms. The second kappa shape index (κ2) is 2.85. The molecule has 0 fully saturated rings.